The number of hydrogen-bond donors (Lipinski definition) is 1. The molecule has 2 aromatic rings. The maximum atomic E-state index is 6.17. The molecular formula is C14H18N4. The highest BCUT2D eigenvalue weighted by molar-refractivity contribution is 5.31. The van der Waals surface area contributed by atoms with Gasteiger partial charge in [0, 0.05) is 24.3 Å². The summed E-state index contributed by atoms with van der Waals surface area (Å²) in [5.41, 5.74) is 8.45. The molecule has 4 heteroatoms. The quantitative estimate of drug-likeness (QED) is 0.869. The first-order valence-electron chi connectivity index (χ1n) is 6.31. The Balaban J connectivity index is 1.90. The maximum Gasteiger partial charge on any atom is 0.0645 e. The van der Waals surface area contributed by atoms with Crippen LogP contribution in [0.5, 0.6) is 0 Å². The summed E-state index contributed by atoms with van der Waals surface area (Å²) >= 11 is 0. The molecule has 18 heavy (non-hydrogen) atoms. The highest BCUT2D eigenvalue weighted by Gasteiger charge is 2.31. The van der Waals surface area contributed by atoms with Crippen LogP contribution in [0.25, 0.3) is 5.69 Å². The van der Waals surface area contributed by atoms with Crippen molar-refractivity contribution >= 4 is 0 Å². The van der Waals surface area contributed by atoms with Gasteiger partial charge in [-0.1, -0.05) is 18.2 Å². The van der Waals surface area contributed by atoms with Gasteiger partial charge in [0.05, 0.1) is 17.9 Å². The van der Waals surface area contributed by atoms with E-state index in [4.69, 9.17) is 5.73 Å². The van der Waals surface area contributed by atoms with Crippen LogP contribution in [-0.4, -0.2) is 34.3 Å². The van der Waals surface area contributed by atoms with E-state index in [1.807, 2.05) is 29.1 Å². The van der Waals surface area contributed by atoms with Gasteiger partial charge in [-0.2, -0.15) is 5.10 Å². The van der Waals surface area contributed by atoms with Gasteiger partial charge < -0.3 is 5.73 Å². The van der Waals surface area contributed by atoms with Crippen molar-refractivity contribution in [3.8, 4) is 5.69 Å². The molecule has 2 unspecified atom stereocenters. The van der Waals surface area contributed by atoms with Crippen molar-refractivity contribution in [3.05, 3.63) is 48.3 Å². The number of aromatic nitrogens is 2. The van der Waals surface area contributed by atoms with Gasteiger partial charge in [-0.05, 0) is 25.6 Å². The number of nitrogens with two attached hydrogens (primary N) is 1. The van der Waals surface area contributed by atoms with Crippen molar-refractivity contribution in [2.24, 2.45) is 5.73 Å². The van der Waals surface area contributed by atoms with E-state index in [0.29, 0.717) is 6.04 Å². The SMILES string of the molecule is CN1CCC(N)C1c1cnn(-c2ccccc2)c1. The Morgan fingerprint density at radius 2 is 2.06 bits per heavy atom. The van der Waals surface area contributed by atoms with E-state index in [9.17, 15) is 0 Å². The summed E-state index contributed by atoms with van der Waals surface area (Å²) in [5, 5.41) is 4.43. The minimum Gasteiger partial charge on any atom is -0.326 e. The molecule has 1 aliphatic heterocycles. The fraction of sp³-hybridized carbons (Fsp3) is 0.357. The molecule has 2 heterocycles. The summed E-state index contributed by atoms with van der Waals surface area (Å²) in [7, 11) is 2.12. The van der Waals surface area contributed by atoms with Crippen LogP contribution in [0.4, 0.5) is 0 Å². The maximum absolute atomic E-state index is 6.17. The first-order valence-corrected chi connectivity index (χ1v) is 6.31. The first-order chi connectivity index (χ1) is 8.75. The van der Waals surface area contributed by atoms with Crippen molar-refractivity contribution in [3.63, 3.8) is 0 Å². The van der Waals surface area contributed by atoms with Gasteiger partial charge in [-0.3, -0.25) is 4.90 Å². The van der Waals surface area contributed by atoms with Crippen molar-refractivity contribution in [2.75, 3.05) is 13.6 Å². The van der Waals surface area contributed by atoms with E-state index in [1.165, 1.54) is 5.56 Å². The predicted molar refractivity (Wildman–Crippen MR) is 71.5 cm³/mol. The van der Waals surface area contributed by atoms with Crippen molar-refractivity contribution < 1.29 is 0 Å². The second-order valence-corrected chi connectivity index (χ2v) is 4.93. The van der Waals surface area contributed by atoms with Crippen LogP contribution in [0, 0.1) is 0 Å². The topological polar surface area (TPSA) is 47.1 Å². The molecule has 0 amide bonds. The summed E-state index contributed by atoms with van der Waals surface area (Å²) in [6, 6.07) is 10.7. The van der Waals surface area contributed by atoms with Crippen LogP contribution in [0.3, 0.4) is 0 Å². The average molecular weight is 242 g/mol. The first kappa shape index (κ1) is 11.4. The molecule has 0 saturated carbocycles. The minimum atomic E-state index is 0.212. The van der Waals surface area contributed by atoms with Crippen LogP contribution < -0.4 is 5.73 Å². The monoisotopic (exact) mass is 242 g/mol. The molecule has 1 aromatic heterocycles. The van der Waals surface area contributed by atoms with E-state index in [2.05, 4.69) is 35.4 Å². The van der Waals surface area contributed by atoms with Gasteiger partial charge in [0.25, 0.3) is 0 Å². The molecule has 1 fully saturated rings. The second-order valence-electron chi connectivity index (χ2n) is 4.93. The van der Waals surface area contributed by atoms with Crippen LogP contribution in [0.1, 0.15) is 18.0 Å². The van der Waals surface area contributed by atoms with Gasteiger partial charge in [0.15, 0.2) is 0 Å². The molecule has 2 atom stereocenters. The highest BCUT2D eigenvalue weighted by Crippen LogP contribution is 2.29. The van der Waals surface area contributed by atoms with Crippen molar-refractivity contribution in [1.29, 1.82) is 0 Å². The predicted octanol–water partition coefficient (Wildman–Crippen LogP) is 1.58. The molecule has 0 spiro atoms. The van der Waals surface area contributed by atoms with Gasteiger partial charge in [0.1, 0.15) is 0 Å². The van der Waals surface area contributed by atoms with Gasteiger partial charge in [0.2, 0.25) is 0 Å². The van der Waals surface area contributed by atoms with Crippen molar-refractivity contribution in [1.82, 2.24) is 14.7 Å². The number of nitrogens with zero attached hydrogens (tertiary/aromatic N) is 3. The molecule has 94 valence electrons. The van der Waals surface area contributed by atoms with Crippen LogP contribution in [0.2, 0.25) is 0 Å². The van der Waals surface area contributed by atoms with Crippen LogP contribution in [-0.2, 0) is 0 Å². The molecule has 4 nitrogen and oxygen atoms in total. The van der Waals surface area contributed by atoms with E-state index in [-0.39, 0.29) is 6.04 Å². The summed E-state index contributed by atoms with van der Waals surface area (Å²) in [4.78, 5) is 2.30. The summed E-state index contributed by atoms with van der Waals surface area (Å²) in [5.74, 6) is 0. The zero-order valence-electron chi connectivity index (χ0n) is 10.5. The zero-order chi connectivity index (χ0) is 12.5. The lowest BCUT2D eigenvalue weighted by Crippen LogP contribution is -2.29. The number of benzene rings is 1. The third kappa shape index (κ3) is 1.94. The van der Waals surface area contributed by atoms with E-state index in [0.717, 1.165) is 18.7 Å². The molecule has 0 radical (unpaired) electrons. The van der Waals surface area contributed by atoms with E-state index in [1.54, 1.807) is 0 Å². The van der Waals surface area contributed by atoms with E-state index >= 15 is 0 Å². The molecule has 1 aromatic carbocycles. The Bertz CT molecular complexity index is 510. The Morgan fingerprint density at radius 3 is 2.72 bits per heavy atom. The Morgan fingerprint density at radius 1 is 1.28 bits per heavy atom. The molecule has 1 saturated heterocycles. The minimum absolute atomic E-state index is 0.212. The lowest BCUT2D eigenvalue weighted by atomic mass is 10.1. The van der Waals surface area contributed by atoms with Gasteiger partial charge in [-0.25, -0.2) is 4.68 Å². The van der Waals surface area contributed by atoms with Crippen LogP contribution >= 0.6 is 0 Å². The lowest BCUT2D eigenvalue weighted by Gasteiger charge is -2.21. The summed E-state index contributed by atoms with van der Waals surface area (Å²) < 4.78 is 1.91. The zero-order valence-corrected chi connectivity index (χ0v) is 10.5. The molecule has 0 bridgehead atoms. The fourth-order valence-corrected chi connectivity index (χ4v) is 2.69. The summed E-state index contributed by atoms with van der Waals surface area (Å²) in [6.07, 6.45) is 5.07. The number of likely N-dealkylation sites (N-methyl/N-ethyl adjacent to an activating group) is 1. The molecule has 0 aliphatic carbocycles. The standard InChI is InChI=1S/C14H18N4/c1-17-8-7-13(15)14(17)11-9-16-18(10-11)12-5-3-2-4-6-12/h2-6,9-10,13-14H,7-8,15H2,1H3. The summed E-state index contributed by atoms with van der Waals surface area (Å²) in [6.45, 7) is 1.06. The number of para-hydroxylation sites is 1. The second kappa shape index (κ2) is 4.55. The van der Waals surface area contributed by atoms with Crippen LogP contribution in [0.15, 0.2) is 42.7 Å². The molecule has 3 rings (SSSR count). The van der Waals surface area contributed by atoms with E-state index < -0.39 is 0 Å². The molecule has 2 N–H and O–H groups in total. The smallest absolute Gasteiger partial charge is 0.0645 e. The number of hydrogen-bond acceptors (Lipinski definition) is 3. The Labute approximate surface area is 107 Å². The third-order valence-electron chi connectivity index (χ3n) is 3.66. The molecular weight excluding hydrogens is 224 g/mol. The number of rotatable bonds is 2. The third-order valence-corrected chi connectivity index (χ3v) is 3.66. The Kier molecular flexibility index (Phi) is 2.89. The van der Waals surface area contributed by atoms with Gasteiger partial charge in [-0.15, -0.1) is 0 Å². The Hall–Kier alpha value is -1.65. The average Bonchev–Trinajstić information content (AvgIpc) is 2.98. The highest BCUT2D eigenvalue weighted by atomic mass is 15.3. The lowest BCUT2D eigenvalue weighted by molar-refractivity contribution is 0.304. The van der Waals surface area contributed by atoms with Gasteiger partial charge >= 0.3 is 0 Å². The fourth-order valence-electron chi connectivity index (χ4n) is 2.69. The molecule has 1 aliphatic rings. The number of likely N-dealkylation sites (tertiary alicyclic amines) is 1. The largest absolute Gasteiger partial charge is 0.326 e. The normalized spacial score (nSPS) is 24.6. The van der Waals surface area contributed by atoms with Crippen molar-refractivity contribution in [2.45, 2.75) is 18.5 Å².